The Balaban J connectivity index is 2.21. The van der Waals surface area contributed by atoms with Crippen LogP contribution in [0.3, 0.4) is 0 Å². The number of aliphatic hydroxyl groups is 1. The maximum Gasteiger partial charge on any atom is 0.255 e. The van der Waals surface area contributed by atoms with Crippen LogP contribution < -0.4 is 14.8 Å². The maximum absolute atomic E-state index is 11.6. The van der Waals surface area contributed by atoms with E-state index in [4.69, 9.17) is 14.6 Å². The molecule has 1 amide bonds. The summed E-state index contributed by atoms with van der Waals surface area (Å²) in [5, 5.41) is 11.1. The fourth-order valence-electron chi connectivity index (χ4n) is 1.37. The van der Waals surface area contributed by atoms with Gasteiger partial charge in [-0.3, -0.25) is 4.79 Å². The van der Waals surface area contributed by atoms with Crippen molar-refractivity contribution in [1.82, 2.24) is 5.32 Å². The molecule has 0 saturated carbocycles. The molecule has 2 N–H and O–H groups in total. The van der Waals surface area contributed by atoms with Crippen LogP contribution in [0.25, 0.3) is 0 Å². The molecule has 1 aliphatic rings. The second-order valence-electron chi connectivity index (χ2n) is 3.02. The van der Waals surface area contributed by atoms with Crippen LogP contribution in [-0.4, -0.2) is 31.0 Å². The zero-order valence-corrected chi connectivity index (χ0v) is 8.03. The summed E-state index contributed by atoms with van der Waals surface area (Å²) in [4.78, 5) is 11.6. The highest BCUT2D eigenvalue weighted by Gasteiger charge is 2.21. The quantitative estimate of drug-likeness (QED) is 0.743. The summed E-state index contributed by atoms with van der Waals surface area (Å²) in [6, 6.07) is 5.12. The van der Waals surface area contributed by atoms with Crippen molar-refractivity contribution in [1.29, 1.82) is 0 Å². The molecule has 0 fully saturated rings. The van der Waals surface area contributed by atoms with Gasteiger partial charge in [-0.1, -0.05) is 6.07 Å². The normalized spacial score (nSPS) is 12.6. The van der Waals surface area contributed by atoms with Crippen LogP contribution in [0.2, 0.25) is 0 Å². The van der Waals surface area contributed by atoms with Gasteiger partial charge in [0.1, 0.15) is 0 Å². The Hall–Kier alpha value is -1.75. The van der Waals surface area contributed by atoms with Gasteiger partial charge < -0.3 is 19.9 Å². The highest BCUT2D eigenvalue weighted by molar-refractivity contribution is 5.97. The molecule has 1 heterocycles. The fourth-order valence-corrected chi connectivity index (χ4v) is 1.37. The second kappa shape index (κ2) is 4.18. The van der Waals surface area contributed by atoms with E-state index in [9.17, 15) is 4.79 Å². The minimum Gasteiger partial charge on any atom is -0.454 e. The number of nitrogens with one attached hydrogen (secondary N) is 1. The maximum atomic E-state index is 11.6. The van der Waals surface area contributed by atoms with Crippen molar-refractivity contribution in [2.75, 3.05) is 19.9 Å². The number of rotatable bonds is 3. The van der Waals surface area contributed by atoms with Crippen molar-refractivity contribution < 1.29 is 19.4 Å². The Morgan fingerprint density at radius 2 is 2.33 bits per heavy atom. The van der Waals surface area contributed by atoms with Crippen LogP contribution in [0.15, 0.2) is 18.2 Å². The number of hydrogen-bond acceptors (Lipinski definition) is 4. The standard InChI is InChI=1S/C10H11NO4/c12-5-4-11-10(13)7-2-1-3-8-9(7)15-6-14-8/h1-3,12H,4-6H2,(H,11,13). The third kappa shape index (κ3) is 1.87. The molecule has 0 spiro atoms. The third-order valence-electron chi connectivity index (χ3n) is 2.04. The van der Waals surface area contributed by atoms with E-state index >= 15 is 0 Å². The third-order valence-corrected chi connectivity index (χ3v) is 2.04. The number of para-hydroxylation sites is 1. The summed E-state index contributed by atoms with van der Waals surface area (Å²) in [6.45, 7) is 0.279. The number of hydrogen-bond donors (Lipinski definition) is 2. The molecule has 1 aromatic carbocycles. The highest BCUT2D eigenvalue weighted by Crippen LogP contribution is 2.35. The van der Waals surface area contributed by atoms with Crippen LogP contribution in [0, 0.1) is 0 Å². The molecule has 0 bridgehead atoms. The number of benzene rings is 1. The molecule has 1 aliphatic heterocycles. The number of ether oxygens (including phenoxy) is 2. The molecule has 0 saturated heterocycles. The van der Waals surface area contributed by atoms with Crippen molar-refractivity contribution in [2.24, 2.45) is 0 Å². The lowest BCUT2D eigenvalue weighted by molar-refractivity contribution is 0.0940. The van der Waals surface area contributed by atoms with Crippen LogP contribution in [0.1, 0.15) is 10.4 Å². The average Bonchev–Trinajstić information content (AvgIpc) is 2.73. The Bertz CT molecular complexity index is 378. The molecule has 80 valence electrons. The minimum absolute atomic E-state index is 0.0852. The Kier molecular flexibility index (Phi) is 2.73. The largest absolute Gasteiger partial charge is 0.454 e. The SMILES string of the molecule is O=C(NCCO)c1cccc2c1OCO2. The molecule has 0 aliphatic carbocycles. The van der Waals surface area contributed by atoms with Crippen LogP contribution >= 0.6 is 0 Å². The molecule has 0 atom stereocenters. The number of fused-ring (bicyclic) bond motifs is 1. The molecule has 0 aromatic heterocycles. The minimum atomic E-state index is -0.272. The van der Waals surface area contributed by atoms with Crippen LogP contribution in [-0.2, 0) is 0 Å². The Labute approximate surface area is 86.6 Å². The molecular formula is C10H11NO4. The second-order valence-corrected chi connectivity index (χ2v) is 3.02. The predicted octanol–water partition coefficient (Wildman–Crippen LogP) is 0.137. The zero-order chi connectivity index (χ0) is 10.7. The van der Waals surface area contributed by atoms with E-state index < -0.39 is 0 Å². The summed E-state index contributed by atoms with van der Waals surface area (Å²) < 4.78 is 10.3. The monoisotopic (exact) mass is 209 g/mol. The first-order valence-electron chi connectivity index (χ1n) is 4.60. The first-order valence-corrected chi connectivity index (χ1v) is 4.60. The van der Waals surface area contributed by atoms with Crippen molar-refractivity contribution in [3.8, 4) is 11.5 Å². The van der Waals surface area contributed by atoms with E-state index in [0.717, 1.165) is 0 Å². The van der Waals surface area contributed by atoms with Gasteiger partial charge in [-0.05, 0) is 12.1 Å². The first-order chi connectivity index (χ1) is 7.33. The van der Waals surface area contributed by atoms with Gasteiger partial charge in [0, 0.05) is 6.54 Å². The molecule has 1 aromatic rings. The summed E-state index contributed by atoms with van der Waals surface area (Å²) in [7, 11) is 0. The first kappa shape index (κ1) is 9.79. The highest BCUT2D eigenvalue weighted by atomic mass is 16.7. The lowest BCUT2D eigenvalue weighted by Crippen LogP contribution is -2.26. The van der Waals surface area contributed by atoms with Gasteiger partial charge in [0.2, 0.25) is 6.79 Å². The molecule has 0 radical (unpaired) electrons. The van der Waals surface area contributed by atoms with Crippen molar-refractivity contribution in [3.63, 3.8) is 0 Å². The number of amides is 1. The van der Waals surface area contributed by atoms with Gasteiger partial charge in [0.05, 0.1) is 12.2 Å². The molecule has 0 unspecified atom stereocenters. The number of carbonyl (C=O) groups is 1. The summed E-state index contributed by atoms with van der Waals surface area (Å²) in [5.74, 6) is 0.769. The fraction of sp³-hybridized carbons (Fsp3) is 0.300. The number of carbonyl (C=O) groups excluding carboxylic acids is 1. The lowest BCUT2D eigenvalue weighted by Gasteiger charge is -2.05. The van der Waals surface area contributed by atoms with Gasteiger partial charge >= 0.3 is 0 Å². The average molecular weight is 209 g/mol. The Morgan fingerprint density at radius 3 is 3.13 bits per heavy atom. The lowest BCUT2D eigenvalue weighted by atomic mass is 10.1. The predicted molar refractivity (Wildman–Crippen MR) is 52.0 cm³/mol. The van der Waals surface area contributed by atoms with Gasteiger partial charge in [-0.15, -0.1) is 0 Å². The summed E-state index contributed by atoms with van der Waals surface area (Å²) in [6.07, 6.45) is 0. The smallest absolute Gasteiger partial charge is 0.255 e. The van der Waals surface area contributed by atoms with E-state index in [-0.39, 0.29) is 25.9 Å². The summed E-state index contributed by atoms with van der Waals surface area (Å²) >= 11 is 0. The van der Waals surface area contributed by atoms with Gasteiger partial charge in [0.25, 0.3) is 5.91 Å². The molecular weight excluding hydrogens is 198 g/mol. The van der Waals surface area contributed by atoms with Crippen LogP contribution in [0.5, 0.6) is 11.5 Å². The van der Waals surface area contributed by atoms with Crippen molar-refractivity contribution in [2.45, 2.75) is 0 Å². The van der Waals surface area contributed by atoms with Crippen LogP contribution in [0.4, 0.5) is 0 Å². The van der Waals surface area contributed by atoms with E-state index in [1.165, 1.54) is 0 Å². The topological polar surface area (TPSA) is 67.8 Å². The zero-order valence-electron chi connectivity index (χ0n) is 8.03. The Morgan fingerprint density at radius 1 is 1.47 bits per heavy atom. The van der Waals surface area contributed by atoms with Gasteiger partial charge in [-0.25, -0.2) is 0 Å². The summed E-state index contributed by atoms with van der Waals surface area (Å²) in [5.41, 5.74) is 0.429. The number of aliphatic hydroxyl groups excluding tert-OH is 1. The molecule has 5 nitrogen and oxygen atoms in total. The van der Waals surface area contributed by atoms with Gasteiger partial charge in [-0.2, -0.15) is 0 Å². The van der Waals surface area contributed by atoms with E-state index in [0.29, 0.717) is 17.1 Å². The molecule has 5 heteroatoms. The van der Waals surface area contributed by atoms with Crippen molar-refractivity contribution >= 4 is 5.91 Å². The van der Waals surface area contributed by atoms with E-state index in [2.05, 4.69) is 5.32 Å². The van der Waals surface area contributed by atoms with Gasteiger partial charge in [0.15, 0.2) is 11.5 Å². The van der Waals surface area contributed by atoms with E-state index in [1.54, 1.807) is 18.2 Å². The molecule has 2 rings (SSSR count). The molecule has 15 heavy (non-hydrogen) atoms. The van der Waals surface area contributed by atoms with E-state index in [1.807, 2.05) is 0 Å². The van der Waals surface area contributed by atoms with Crippen molar-refractivity contribution in [3.05, 3.63) is 23.8 Å².